The van der Waals surface area contributed by atoms with E-state index in [4.69, 9.17) is 14.2 Å². The highest BCUT2D eigenvalue weighted by Gasteiger charge is 2.37. The van der Waals surface area contributed by atoms with Crippen molar-refractivity contribution in [2.75, 3.05) is 13.2 Å². The number of carbonyl (C=O) groups excluding carboxylic acids is 3. The number of cyclic esters (lactones) is 1. The summed E-state index contributed by atoms with van der Waals surface area (Å²) in [4.78, 5) is 36.2. The van der Waals surface area contributed by atoms with Crippen molar-refractivity contribution in [1.29, 1.82) is 0 Å². The van der Waals surface area contributed by atoms with E-state index in [0.717, 1.165) is 22.3 Å². The largest absolute Gasteiger partial charge is 0.459 e. The van der Waals surface area contributed by atoms with Crippen LogP contribution in [0.3, 0.4) is 0 Å². The van der Waals surface area contributed by atoms with E-state index in [-0.39, 0.29) is 25.5 Å². The number of ether oxygens (including phenoxy) is 3. The van der Waals surface area contributed by atoms with Crippen LogP contribution in [0, 0.1) is 0 Å². The number of nitrogens with one attached hydrogen (secondary N) is 2. The molecule has 0 bridgehead atoms. The molecule has 2 aliphatic rings. The molecule has 1 aliphatic heterocycles. The van der Waals surface area contributed by atoms with Gasteiger partial charge in [-0.3, -0.25) is 0 Å². The summed E-state index contributed by atoms with van der Waals surface area (Å²) in [6.07, 6.45) is -1.59. The summed E-state index contributed by atoms with van der Waals surface area (Å²) in [7, 11) is 0. The number of amides is 2. The zero-order valence-electron chi connectivity index (χ0n) is 18.9. The molecule has 8 nitrogen and oxygen atoms in total. The van der Waals surface area contributed by atoms with E-state index in [1.54, 1.807) is 20.8 Å². The van der Waals surface area contributed by atoms with Crippen molar-refractivity contribution in [3.05, 3.63) is 59.7 Å². The van der Waals surface area contributed by atoms with Crippen LogP contribution in [0.4, 0.5) is 9.59 Å². The van der Waals surface area contributed by atoms with Gasteiger partial charge >= 0.3 is 18.2 Å². The highest BCUT2D eigenvalue weighted by Crippen LogP contribution is 2.44. The number of rotatable bonds is 5. The van der Waals surface area contributed by atoms with Crippen molar-refractivity contribution in [3.8, 4) is 11.1 Å². The molecule has 0 radical (unpaired) electrons. The van der Waals surface area contributed by atoms with Crippen LogP contribution in [0.15, 0.2) is 48.5 Å². The van der Waals surface area contributed by atoms with Gasteiger partial charge in [-0.25, -0.2) is 14.4 Å². The Hall–Kier alpha value is -3.55. The SMILES string of the molecule is CC(C)(C)OC(=O)N[C@H]1C[C@@H](CNC(=O)OCC2c3ccccc3-c3ccccc32)OC1=O. The fourth-order valence-electron chi connectivity index (χ4n) is 4.19. The summed E-state index contributed by atoms with van der Waals surface area (Å²) in [5, 5.41) is 5.15. The van der Waals surface area contributed by atoms with Crippen molar-refractivity contribution in [3.63, 3.8) is 0 Å². The van der Waals surface area contributed by atoms with Crippen LogP contribution in [0.2, 0.25) is 0 Å². The standard InChI is InChI=1S/C25H28N2O6/c1-25(2,3)33-24(30)27-21-12-15(32-22(21)28)13-26-23(29)31-14-20-18-10-6-4-8-16(18)17-9-5-7-11-19(17)20/h4-11,15,20-21H,12-14H2,1-3H3,(H,26,29)(H,27,30)/t15-,21-/m0/s1. The lowest BCUT2D eigenvalue weighted by molar-refractivity contribution is -0.142. The maximum absolute atomic E-state index is 12.3. The number of carbonyl (C=O) groups is 3. The Bertz CT molecular complexity index is 1020. The molecule has 0 aromatic heterocycles. The first-order valence-electron chi connectivity index (χ1n) is 11.0. The smallest absolute Gasteiger partial charge is 0.408 e. The van der Waals surface area contributed by atoms with Crippen molar-refractivity contribution in [1.82, 2.24) is 10.6 Å². The zero-order chi connectivity index (χ0) is 23.6. The maximum atomic E-state index is 12.3. The molecule has 1 aliphatic carbocycles. The third-order valence-corrected chi connectivity index (χ3v) is 5.57. The quantitative estimate of drug-likeness (QED) is 0.529. The topological polar surface area (TPSA) is 103 Å². The molecule has 2 N–H and O–H groups in total. The number of esters is 1. The Balaban J connectivity index is 1.26. The van der Waals surface area contributed by atoms with E-state index in [2.05, 4.69) is 34.9 Å². The Morgan fingerprint density at radius 1 is 1.00 bits per heavy atom. The van der Waals surface area contributed by atoms with Gasteiger partial charge < -0.3 is 24.8 Å². The molecule has 2 aromatic rings. The van der Waals surface area contributed by atoms with Crippen molar-refractivity contribution in [2.45, 2.75) is 50.9 Å². The first-order valence-corrected chi connectivity index (χ1v) is 11.0. The first-order chi connectivity index (χ1) is 15.7. The van der Waals surface area contributed by atoms with E-state index in [1.807, 2.05) is 24.3 Å². The lowest BCUT2D eigenvalue weighted by atomic mass is 9.98. The summed E-state index contributed by atoms with van der Waals surface area (Å²) in [5.41, 5.74) is 3.91. The molecule has 33 heavy (non-hydrogen) atoms. The molecule has 0 spiro atoms. The number of alkyl carbamates (subject to hydrolysis) is 2. The van der Waals surface area contributed by atoms with Crippen molar-refractivity contribution >= 4 is 18.2 Å². The van der Waals surface area contributed by atoms with Gasteiger partial charge in [-0.1, -0.05) is 48.5 Å². The molecular formula is C25H28N2O6. The molecule has 1 saturated heterocycles. The molecule has 174 valence electrons. The second-order valence-electron chi connectivity index (χ2n) is 9.20. The summed E-state index contributed by atoms with van der Waals surface area (Å²) in [6, 6.07) is 15.4. The number of hydrogen-bond acceptors (Lipinski definition) is 6. The van der Waals surface area contributed by atoms with Crippen LogP contribution >= 0.6 is 0 Å². The normalized spacial score (nSPS) is 19.3. The minimum atomic E-state index is -0.811. The third-order valence-electron chi connectivity index (χ3n) is 5.57. The van der Waals surface area contributed by atoms with Crippen molar-refractivity contribution in [2.24, 2.45) is 0 Å². The Kier molecular flexibility index (Phi) is 6.26. The van der Waals surface area contributed by atoms with E-state index >= 15 is 0 Å². The number of hydrogen-bond donors (Lipinski definition) is 2. The monoisotopic (exact) mass is 452 g/mol. The summed E-state index contributed by atoms with van der Waals surface area (Å²) < 4.78 is 15.9. The van der Waals surface area contributed by atoms with Gasteiger partial charge in [0.1, 0.15) is 24.4 Å². The molecule has 8 heteroatoms. The number of benzene rings is 2. The molecule has 0 saturated carbocycles. The van der Waals surface area contributed by atoms with E-state index in [1.165, 1.54) is 0 Å². The molecule has 1 heterocycles. The highest BCUT2D eigenvalue weighted by molar-refractivity contribution is 5.83. The molecule has 0 unspecified atom stereocenters. The zero-order valence-corrected chi connectivity index (χ0v) is 18.9. The first kappa shape index (κ1) is 22.6. The van der Waals surface area contributed by atoms with E-state index in [9.17, 15) is 14.4 Å². The minimum absolute atomic E-state index is 0.0325. The van der Waals surface area contributed by atoms with Gasteiger partial charge in [-0.2, -0.15) is 0 Å². The molecule has 2 aromatic carbocycles. The van der Waals surface area contributed by atoms with Crippen molar-refractivity contribution < 1.29 is 28.6 Å². The van der Waals surface area contributed by atoms with Crippen LogP contribution in [0.5, 0.6) is 0 Å². The van der Waals surface area contributed by atoms with E-state index < -0.39 is 35.9 Å². The molecular weight excluding hydrogens is 424 g/mol. The predicted octanol–water partition coefficient (Wildman–Crippen LogP) is 3.73. The molecule has 4 rings (SSSR count). The van der Waals surface area contributed by atoms with Gasteiger partial charge in [-0.05, 0) is 43.0 Å². The third kappa shape index (κ3) is 5.27. The van der Waals surface area contributed by atoms with E-state index in [0.29, 0.717) is 0 Å². The van der Waals surface area contributed by atoms with Crippen LogP contribution in [0.25, 0.3) is 11.1 Å². The minimum Gasteiger partial charge on any atom is -0.459 e. The average molecular weight is 453 g/mol. The number of fused-ring (bicyclic) bond motifs is 3. The summed E-state index contributed by atoms with van der Waals surface area (Å²) in [6.45, 7) is 5.50. The van der Waals surface area contributed by atoms with Crippen LogP contribution in [0.1, 0.15) is 44.2 Å². The fourth-order valence-corrected chi connectivity index (χ4v) is 4.19. The second-order valence-corrected chi connectivity index (χ2v) is 9.20. The van der Waals surface area contributed by atoms with Gasteiger partial charge in [0.2, 0.25) is 0 Å². The predicted molar refractivity (Wildman–Crippen MR) is 121 cm³/mol. The second kappa shape index (κ2) is 9.13. The molecule has 2 amide bonds. The molecule has 2 atom stereocenters. The lowest BCUT2D eigenvalue weighted by Gasteiger charge is -2.20. The lowest BCUT2D eigenvalue weighted by Crippen LogP contribution is -2.41. The van der Waals surface area contributed by atoms with Crippen LogP contribution in [-0.4, -0.2) is 49.1 Å². The van der Waals surface area contributed by atoms with Gasteiger partial charge in [0.05, 0.1) is 6.54 Å². The Labute approximate surface area is 192 Å². The highest BCUT2D eigenvalue weighted by atomic mass is 16.6. The van der Waals surface area contributed by atoms with Crippen LogP contribution in [-0.2, 0) is 19.0 Å². The fraction of sp³-hybridized carbons (Fsp3) is 0.400. The Morgan fingerprint density at radius 2 is 1.61 bits per heavy atom. The average Bonchev–Trinajstić information content (AvgIpc) is 3.27. The van der Waals surface area contributed by atoms with Crippen LogP contribution < -0.4 is 10.6 Å². The Morgan fingerprint density at radius 3 is 2.21 bits per heavy atom. The van der Waals surface area contributed by atoms with Gasteiger partial charge in [0.15, 0.2) is 0 Å². The van der Waals surface area contributed by atoms with Gasteiger partial charge in [0, 0.05) is 12.3 Å². The molecule has 1 fully saturated rings. The summed E-state index contributed by atoms with van der Waals surface area (Å²) in [5.74, 6) is -0.588. The van der Waals surface area contributed by atoms with Gasteiger partial charge in [-0.15, -0.1) is 0 Å². The maximum Gasteiger partial charge on any atom is 0.408 e. The summed E-state index contributed by atoms with van der Waals surface area (Å²) >= 11 is 0. The van der Waals surface area contributed by atoms with Gasteiger partial charge in [0.25, 0.3) is 0 Å².